The monoisotopic (exact) mass is 660 g/mol. The Bertz CT molecular complexity index is 2450. The maximum atomic E-state index is 13.5. The van der Waals surface area contributed by atoms with E-state index in [2.05, 4.69) is 31.9 Å². The Morgan fingerprint density at radius 1 is 0.400 bits per heavy atom. The number of aromatic hydroxyl groups is 6. The molecule has 10 heteroatoms. The summed E-state index contributed by atoms with van der Waals surface area (Å²) >= 11 is 6.35. The summed E-state index contributed by atoms with van der Waals surface area (Å²) in [5.41, 5.74) is 0.106. The number of fused-ring (bicyclic) bond motifs is 2. The Morgan fingerprint density at radius 2 is 0.675 bits per heavy atom. The van der Waals surface area contributed by atoms with Gasteiger partial charge in [-0.3, -0.25) is 9.59 Å². The molecule has 0 atom stereocenters. The molecule has 0 fully saturated rings. The summed E-state index contributed by atoms with van der Waals surface area (Å²) in [7, 11) is 0. The van der Waals surface area contributed by atoms with Gasteiger partial charge in [-0.1, -0.05) is 0 Å². The lowest BCUT2D eigenvalue weighted by Crippen LogP contribution is -2.08. The fraction of sp³-hybridized carbons (Fsp3) is 0.0667. The van der Waals surface area contributed by atoms with Gasteiger partial charge in [0.25, 0.3) is 0 Å². The summed E-state index contributed by atoms with van der Waals surface area (Å²) in [6.07, 6.45) is 0. The highest BCUT2D eigenvalue weighted by molar-refractivity contribution is 9.11. The second-order valence-electron chi connectivity index (χ2n) is 10.4. The second-order valence-corrected chi connectivity index (χ2v) is 11.9. The fourth-order valence-electron chi connectivity index (χ4n) is 7.02. The molecule has 40 heavy (non-hydrogen) atoms. The summed E-state index contributed by atoms with van der Waals surface area (Å²) in [5, 5.41) is 70.7. The molecule has 0 aliphatic carbocycles. The summed E-state index contributed by atoms with van der Waals surface area (Å²) in [4.78, 5) is 26.9. The van der Waals surface area contributed by atoms with Crippen molar-refractivity contribution in [1.29, 1.82) is 0 Å². The van der Waals surface area contributed by atoms with Gasteiger partial charge >= 0.3 is 0 Å². The molecule has 0 aromatic heterocycles. The Kier molecular flexibility index (Phi) is 4.06. The standard InChI is InChI=1S/C30H14Br2O8/c1-5-3-7(33)11-13-9(5)10-6(2)4-8(34)12-14(10)16-15(13)17-19(27(37)23(31)29(39)21(17)25(11)35)20-18(16)22(26(12)36)30(40)24(32)28(20)38/h3-4,35-40H,1-2H3. The molecule has 196 valence electrons. The van der Waals surface area contributed by atoms with Crippen LogP contribution in [-0.2, 0) is 0 Å². The molecule has 0 radical (unpaired) electrons. The highest BCUT2D eigenvalue weighted by Gasteiger charge is 2.35. The van der Waals surface area contributed by atoms with Gasteiger partial charge in [-0.25, -0.2) is 0 Å². The maximum absolute atomic E-state index is 13.5. The second kappa shape index (κ2) is 6.89. The van der Waals surface area contributed by atoms with Crippen molar-refractivity contribution in [3.63, 3.8) is 0 Å². The minimum absolute atomic E-state index is 0.000296. The lowest BCUT2D eigenvalue weighted by Gasteiger charge is -2.26. The highest BCUT2D eigenvalue weighted by atomic mass is 79.9. The lowest BCUT2D eigenvalue weighted by atomic mass is 9.78. The molecule has 6 N–H and O–H groups in total. The molecule has 0 aliphatic heterocycles. The molecule has 8 aromatic carbocycles. The van der Waals surface area contributed by atoms with E-state index < -0.39 is 45.4 Å². The van der Waals surface area contributed by atoms with Crippen molar-refractivity contribution < 1.29 is 30.6 Å². The van der Waals surface area contributed by atoms with Crippen molar-refractivity contribution in [1.82, 2.24) is 0 Å². The average molecular weight is 662 g/mol. The van der Waals surface area contributed by atoms with Gasteiger partial charge in [0.15, 0.2) is 10.9 Å². The molecule has 8 aromatic rings. The molecule has 0 bridgehead atoms. The van der Waals surface area contributed by atoms with Crippen LogP contribution in [0.25, 0.3) is 75.4 Å². The number of aryl methyl sites for hydroxylation is 2. The van der Waals surface area contributed by atoms with Crippen molar-refractivity contribution >= 4 is 107 Å². The minimum Gasteiger partial charge on any atom is -0.506 e. The third-order valence-electron chi connectivity index (χ3n) is 8.45. The van der Waals surface area contributed by atoms with E-state index in [1.54, 1.807) is 13.8 Å². The van der Waals surface area contributed by atoms with Crippen molar-refractivity contribution in [3.8, 4) is 34.5 Å². The van der Waals surface area contributed by atoms with E-state index in [9.17, 15) is 40.2 Å². The van der Waals surface area contributed by atoms with E-state index in [1.165, 1.54) is 12.1 Å². The number of benzene rings is 8. The van der Waals surface area contributed by atoms with E-state index in [1.807, 2.05) is 0 Å². The number of hydrogen-bond donors (Lipinski definition) is 6. The van der Waals surface area contributed by atoms with Crippen LogP contribution in [0.4, 0.5) is 0 Å². The number of rotatable bonds is 0. The summed E-state index contributed by atoms with van der Waals surface area (Å²) < 4.78 is -0.396. The molecule has 8 nitrogen and oxygen atoms in total. The molecule has 0 aliphatic rings. The summed E-state index contributed by atoms with van der Waals surface area (Å²) in [6.45, 7) is 3.46. The molecule has 0 unspecified atom stereocenters. The van der Waals surface area contributed by atoms with Gasteiger partial charge < -0.3 is 30.6 Å². The highest BCUT2D eigenvalue weighted by Crippen LogP contribution is 2.62. The van der Waals surface area contributed by atoms with Gasteiger partial charge in [-0.2, -0.15) is 0 Å². The molecule has 0 spiro atoms. The van der Waals surface area contributed by atoms with Crippen LogP contribution in [0.5, 0.6) is 34.5 Å². The maximum Gasteiger partial charge on any atom is 0.190 e. The Labute approximate surface area is 238 Å². The van der Waals surface area contributed by atoms with Crippen LogP contribution in [0.3, 0.4) is 0 Å². The first-order chi connectivity index (χ1) is 18.9. The predicted molar refractivity (Wildman–Crippen MR) is 161 cm³/mol. The van der Waals surface area contributed by atoms with Crippen LogP contribution in [0.15, 0.2) is 30.7 Å². The predicted octanol–water partition coefficient (Wildman–Crippen LogP) is 6.61. The molecule has 0 saturated heterocycles. The van der Waals surface area contributed by atoms with Crippen molar-refractivity contribution in [3.05, 3.63) is 52.7 Å². The van der Waals surface area contributed by atoms with Gasteiger partial charge in [0.05, 0.1) is 21.5 Å². The van der Waals surface area contributed by atoms with Crippen molar-refractivity contribution in [2.24, 2.45) is 0 Å². The van der Waals surface area contributed by atoms with E-state index in [0.29, 0.717) is 43.4 Å². The number of hydrogen-bond acceptors (Lipinski definition) is 8. The summed E-state index contributed by atoms with van der Waals surface area (Å²) in [5.74, 6) is -3.02. The summed E-state index contributed by atoms with van der Waals surface area (Å²) in [6, 6.07) is 2.74. The Hall–Kier alpha value is -4.28. The van der Waals surface area contributed by atoms with Gasteiger partial charge in [0, 0.05) is 43.1 Å². The lowest BCUT2D eigenvalue weighted by molar-refractivity contribution is 0.444. The molecule has 8 rings (SSSR count). The third kappa shape index (κ3) is 2.21. The normalized spacial score (nSPS) is 12.8. The average Bonchev–Trinajstić information content (AvgIpc) is 2.89. The van der Waals surface area contributed by atoms with Crippen LogP contribution >= 0.6 is 31.9 Å². The minimum atomic E-state index is -0.528. The van der Waals surface area contributed by atoms with Crippen LogP contribution in [0.1, 0.15) is 11.1 Å². The molecular weight excluding hydrogens is 648 g/mol. The van der Waals surface area contributed by atoms with Crippen LogP contribution in [0.2, 0.25) is 0 Å². The largest absolute Gasteiger partial charge is 0.506 e. The van der Waals surface area contributed by atoms with Crippen LogP contribution in [0, 0.1) is 13.8 Å². The van der Waals surface area contributed by atoms with Crippen LogP contribution < -0.4 is 10.9 Å². The zero-order chi connectivity index (χ0) is 28.4. The van der Waals surface area contributed by atoms with E-state index in [-0.39, 0.29) is 52.0 Å². The number of phenolic OH excluding ortho intramolecular Hbond substituents is 6. The number of halogens is 2. The van der Waals surface area contributed by atoms with E-state index in [0.717, 1.165) is 0 Å². The van der Waals surface area contributed by atoms with Gasteiger partial charge in [-0.05, 0) is 79.7 Å². The van der Waals surface area contributed by atoms with E-state index >= 15 is 0 Å². The van der Waals surface area contributed by atoms with E-state index in [4.69, 9.17) is 0 Å². The SMILES string of the molecule is Cc1cc(=O)c2c(O)c3c(O)c(Br)c(O)c4c5c(O)c(Br)c(O)c6c(O)c7c(=O)cc(C)c8c1c2c(c34)c(c65)c78. The third-order valence-corrected chi connectivity index (χ3v) is 9.96. The molecule has 0 amide bonds. The smallest absolute Gasteiger partial charge is 0.190 e. The topological polar surface area (TPSA) is 156 Å². The molecular formula is C30H14Br2O8. The number of phenols is 6. The van der Waals surface area contributed by atoms with Crippen molar-refractivity contribution in [2.75, 3.05) is 0 Å². The first-order valence-corrected chi connectivity index (χ1v) is 13.6. The molecule has 0 saturated carbocycles. The van der Waals surface area contributed by atoms with Crippen molar-refractivity contribution in [2.45, 2.75) is 13.8 Å². The zero-order valence-electron chi connectivity index (χ0n) is 20.4. The first kappa shape index (κ1) is 23.6. The van der Waals surface area contributed by atoms with Crippen LogP contribution in [-0.4, -0.2) is 30.6 Å². The van der Waals surface area contributed by atoms with Gasteiger partial charge in [0.1, 0.15) is 43.4 Å². The zero-order valence-corrected chi connectivity index (χ0v) is 23.6. The van der Waals surface area contributed by atoms with Gasteiger partial charge in [-0.15, -0.1) is 0 Å². The van der Waals surface area contributed by atoms with Gasteiger partial charge in [0.2, 0.25) is 0 Å². The Morgan fingerprint density at radius 3 is 1.02 bits per heavy atom. The fourth-order valence-corrected chi connectivity index (χ4v) is 7.82. The molecule has 0 heterocycles. The Balaban J connectivity index is 2.05. The quantitative estimate of drug-likeness (QED) is 0.0784. The first-order valence-electron chi connectivity index (χ1n) is 12.0.